The number of carbonyl (C=O) groups is 2. The molecule has 1 aliphatic heterocycles. The van der Waals surface area contributed by atoms with Crippen LogP contribution in [-0.2, 0) is 4.79 Å². The third-order valence-electron chi connectivity index (χ3n) is 5.81. The van der Waals surface area contributed by atoms with Gasteiger partial charge in [0.1, 0.15) is 5.75 Å². The molecule has 1 aliphatic rings. The fourth-order valence-electron chi connectivity index (χ4n) is 3.91. The van der Waals surface area contributed by atoms with E-state index in [0.717, 1.165) is 16.5 Å². The first-order valence-electron chi connectivity index (χ1n) is 10.4. The van der Waals surface area contributed by atoms with Crippen molar-refractivity contribution in [1.82, 2.24) is 20.0 Å². The minimum atomic E-state index is -0.325. The molecule has 8 heteroatoms. The highest BCUT2D eigenvalue weighted by Crippen LogP contribution is 2.26. The van der Waals surface area contributed by atoms with Crippen molar-refractivity contribution in [3.8, 4) is 5.75 Å². The Bertz CT molecular complexity index is 1100. The zero-order valence-electron chi connectivity index (χ0n) is 18.0. The number of methoxy groups -OCH3 is 1. The number of ether oxygens (including phenoxy) is 1. The number of aromatic nitrogens is 2. The third-order valence-corrected chi connectivity index (χ3v) is 5.81. The number of para-hydroxylation sites is 1. The number of nitrogens with one attached hydrogen (secondary N) is 2. The number of benzene rings is 2. The number of nitrogens with zero attached hydrogens (tertiary/aromatic N) is 3. The van der Waals surface area contributed by atoms with E-state index in [1.807, 2.05) is 56.3 Å². The Morgan fingerprint density at radius 1 is 1.13 bits per heavy atom. The van der Waals surface area contributed by atoms with Crippen LogP contribution in [0.2, 0.25) is 0 Å². The number of piperazine rings is 1. The summed E-state index contributed by atoms with van der Waals surface area (Å²) in [7, 11) is 1.59. The van der Waals surface area contributed by atoms with Crippen LogP contribution >= 0.6 is 0 Å². The number of hydrogen-bond donors (Lipinski definition) is 2. The van der Waals surface area contributed by atoms with E-state index in [9.17, 15) is 9.59 Å². The van der Waals surface area contributed by atoms with Crippen molar-refractivity contribution in [3.63, 3.8) is 0 Å². The Kier molecular flexibility index (Phi) is 5.90. The molecule has 2 N–H and O–H groups in total. The van der Waals surface area contributed by atoms with Gasteiger partial charge in [-0.15, -0.1) is 0 Å². The predicted octanol–water partition coefficient (Wildman–Crippen LogP) is 2.66. The number of H-pyrrole nitrogens is 1. The first-order valence-corrected chi connectivity index (χ1v) is 10.4. The van der Waals surface area contributed by atoms with Crippen molar-refractivity contribution in [2.24, 2.45) is 0 Å². The van der Waals surface area contributed by atoms with Gasteiger partial charge in [0, 0.05) is 31.6 Å². The molecule has 1 saturated heterocycles. The fourth-order valence-corrected chi connectivity index (χ4v) is 3.91. The molecule has 3 aromatic rings. The quantitative estimate of drug-likeness (QED) is 0.661. The van der Waals surface area contributed by atoms with Crippen LogP contribution in [-0.4, -0.2) is 71.1 Å². The first-order chi connectivity index (χ1) is 15.0. The van der Waals surface area contributed by atoms with Gasteiger partial charge in [-0.2, -0.15) is 5.10 Å². The predicted molar refractivity (Wildman–Crippen MR) is 119 cm³/mol. The van der Waals surface area contributed by atoms with Gasteiger partial charge in [0.25, 0.3) is 5.91 Å². The molecule has 162 valence electrons. The van der Waals surface area contributed by atoms with Crippen LogP contribution in [0.4, 0.5) is 5.69 Å². The first kappa shape index (κ1) is 20.9. The summed E-state index contributed by atoms with van der Waals surface area (Å²) < 4.78 is 5.35. The molecule has 2 aromatic carbocycles. The lowest BCUT2D eigenvalue weighted by atomic mass is 10.1. The minimum Gasteiger partial charge on any atom is -0.495 e. The maximum Gasteiger partial charge on any atom is 0.275 e. The second-order valence-electron chi connectivity index (χ2n) is 7.81. The van der Waals surface area contributed by atoms with Gasteiger partial charge in [0.15, 0.2) is 5.69 Å². The summed E-state index contributed by atoms with van der Waals surface area (Å²) in [6.45, 7) is 6.19. The molecule has 4 rings (SSSR count). The molecule has 2 heterocycles. The van der Waals surface area contributed by atoms with E-state index < -0.39 is 0 Å². The molecular formula is C23H27N5O3. The number of amides is 2. The van der Waals surface area contributed by atoms with Gasteiger partial charge in [-0.05, 0) is 37.6 Å². The number of anilines is 1. The van der Waals surface area contributed by atoms with Crippen LogP contribution in [0.5, 0.6) is 5.75 Å². The molecule has 0 saturated carbocycles. The lowest BCUT2D eigenvalue weighted by Crippen LogP contribution is -2.54. The largest absolute Gasteiger partial charge is 0.495 e. The lowest BCUT2D eigenvalue weighted by molar-refractivity contribution is -0.121. The summed E-state index contributed by atoms with van der Waals surface area (Å²) in [4.78, 5) is 29.7. The molecule has 0 spiro atoms. The van der Waals surface area contributed by atoms with Crippen molar-refractivity contribution >= 4 is 28.4 Å². The summed E-state index contributed by atoms with van der Waals surface area (Å²) in [5.41, 5.74) is 3.00. The maximum absolute atomic E-state index is 13.0. The highest BCUT2D eigenvalue weighted by molar-refractivity contribution is 6.04. The van der Waals surface area contributed by atoms with Crippen molar-refractivity contribution in [2.75, 3.05) is 38.6 Å². The van der Waals surface area contributed by atoms with Crippen LogP contribution < -0.4 is 10.1 Å². The smallest absolute Gasteiger partial charge is 0.275 e. The van der Waals surface area contributed by atoms with E-state index >= 15 is 0 Å². The minimum absolute atomic E-state index is 0.0845. The molecule has 31 heavy (non-hydrogen) atoms. The molecule has 1 unspecified atom stereocenters. The summed E-state index contributed by atoms with van der Waals surface area (Å²) in [5, 5.41) is 10.9. The van der Waals surface area contributed by atoms with Gasteiger partial charge in [0.2, 0.25) is 5.91 Å². The highest BCUT2D eigenvalue weighted by Gasteiger charge is 2.29. The second-order valence-corrected chi connectivity index (χ2v) is 7.81. The molecule has 8 nitrogen and oxygen atoms in total. The second kappa shape index (κ2) is 8.77. The number of carbonyl (C=O) groups excluding carboxylic acids is 2. The number of fused-ring (bicyclic) bond motifs is 1. The average molecular weight is 422 g/mol. The normalized spacial score (nSPS) is 15.6. The zero-order valence-corrected chi connectivity index (χ0v) is 18.0. The summed E-state index contributed by atoms with van der Waals surface area (Å²) in [6.07, 6.45) is 0. The molecular weight excluding hydrogens is 394 g/mol. The Morgan fingerprint density at radius 3 is 2.61 bits per heavy atom. The zero-order chi connectivity index (χ0) is 22.0. The lowest BCUT2D eigenvalue weighted by Gasteiger charge is -2.37. The van der Waals surface area contributed by atoms with E-state index in [1.54, 1.807) is 12.0 Å². The summed E-state index contributed by atoms with van der Waals surface area (Å²) in [5.74, 6) is 0.452. The van der Waals surface area contributed by atoms with Gasteiger partial charge in [-0.25, -0.2) is 0 Å². The van der Waals surface area contributed by atoms with E-state index in [2.05, 4.69) is 20.4 Å². The van der Waals surface area contributed by atoms with E-state index in [0.29, 0.717) is 43.3 Å². The molecule has 1 atom stereocenters. The van der Waals surface area contributed by atoms with E-state index in [-0.39, 0.29) is 17.9 Å². The molecule has 2 amide bonds. The van der Waals surface area contributed by atoms with Crippen LogP contribution in [0.3, 0.4) is 0 Å². The number of aryl methyl sites for hydroxylation is 1. The van der Waals surface area contributed by atoms with Gasteiger partial charge in [-0.1, -0.05) is 24.3 Å². The van der Waals surface area contributed by atoms with Crippen molar-refractivity contribution in [2.45, 2.75) is 19.9 Å². The average Bonchev–Trinajstić information content (AvgIpc) is 3.22. The topological polar surface area (TPSA) is 90.6 Å². The fraction of sp³-hybridized carbons (Fsp3) is 0.348. The molecule has 0 radical (unpaired) electrons. The standard InChI is InChI=1S/C23H27N5O3/c1-15-8-9-20(31-3)19(14-15)24-22(29)16(2)27-10-12-28(13-11-27)23(30)21-17-6-4-5-7-18(17)25-26-21/h4-9,14,16H,10-13H2,1-3H3,(H,24,29)(H,25,26). The summed E-state index contributed by atoms with van der Waals surface area (Å²) >= 11 is 0. The van der Waals surface area contributed by atoms with Crippen molar-refractivity contribution in [3.05, 3.63) is 53.7 Å². The maximum atomic E-state index is 13.0. The van der Waals surface area contributed by atoms with Crippen molar-refractivity contribution < 1.29 is 14.3 Å². The molecule has 0 aliphatic carbocycles. The van der Waals surface area contributed by atoms with Gasteiger partial charge in [0.05, 0.1) is 24.4 Å². The number of aromatic amines is 1. The number of hydrogen-bond acceptors (Lipinski definition) is 5. The van der Waals surface area contributed by atoms with E-state index in [1.165, 1.54) is 0 Å². The van der Waals surface area contributed by atoms with E-state index in [4.69, 9.17) is 4.74 Å². The molecule has 0 bridgehead atoms. The van der Waals surface area contributed by atoms with Crippen LogP contribution in [0, 0.1) is 6.92 Å². The van der Waals surface area contributed by atoms with Crippen LogP contribution in [0.1, 0.15) is 23.0 Å². The Hall–Kier alpha value is -3.39. The van der Waals surface area contributed by atoms with Gasteiger partial charge >= 0.3 is 0 Å². The molecule has 1 aromatic heterocycles. The van der Waals surface area contributed by atoms with Gasteiger partial charge < -0.3 is 15.0 Å². The molecule has 1 fully saturated rings. The number of rotatable bonds is 5. The Balaban J connectivity index is 1.37. The van der Waals surface area contributed by atoms with Crippen LogP contribution in [0.15, 0.2) is 42.5 Å². The third kappa shape index (κ3) is 4.25. The van der Waals surface area contributed by atoms with Crippen LogP contribution in [0.25, 0.3) is 10.9 Å². The van der Waals surface area contributed by atoms with Crippen molar-refractivity contribution in [1.29, 1.82) is 0 Å². The summed E-state index contributed by atoms with van der Waals surface area (Å²) in [6, 6.07) is 13.0. The monoisotopic (exact) mass is 421 g/mol. The Labute approximate surface area is 181 Å². The Morgan fingerprint density at radius 2 is 1.87 bits per heavy atom. The SMILES string of the molecule is COc1ccc(C)cc1NC(=O)C(C)N1CCN(C(=O)c2n[nH]c3ccccc23)CC1. The van der Waals surface area contributed by atoms with Gasteiger partial charge in [-0.3, -0.25) is 19.6 Å². The highest BCUT2D eigenvalue weighted by atomic mass is 16.5.